The van der Waals surface area contributed by atoms with E-state index >= 15 is 0 Å². The lowest BCUT2D eigenvalue weighted by Gasteiger charge is -2.34. The normalized spacial score (nSPS) is 30.4. The van der Waals surface area contributed by atoms with Gasteiger partial charge in [0.2, 0.25) is 27.7 Å². The molecule has 5 aliphatic rings. The van der Waals surface area contributed by atoms with E-state index in [0.29, 0.717) is 67.6 Å². The van der Waals surface area contributed by atoms with Crippen LogP contribution in [0.5, 0.6) is 17.4 Å². The predicted octanol–water partition coefficient (Wildman–Crippen LogP) is 3.65. The molecule has 2 aromatic rings. The van der Waals surface area contributed by atoms with Gasteiger partial charge in [-0.25, -0.2) is 18.2 Å². The number of alkyl carbamates (subject to hydrolysis) is 1. The van der Waals surface area contributed by atoms with Gasteiger partial charge in [0.1, 0.15) is 42.5 Å². The van der Waals surface area contributed by atoms with E-state index in [1.807, 2.05) is 32.1 Å². The highest BCUT2D eigenvalue weighted by molar-refractivity contribution is 7.91. The molecular formula is C40H53N5O11S. The predicted molar refractivity (Wildman–Crippen MR) is 207 cm³/mol. The summed E-state index contributed by atoms with van der Waals surface area (Å²) in [5.74, 6) is -1.20. The van der Waals surface area contributed by atoms with Crippen molar-refractivity contribution in [2.45, 2.75) is 133 Å². The molecule has 3 aliphatic heterocycles. The molecule has 310 valence electrons. The van der Waals surface area contributed by atoms with Gasteiger partial charge in [-0.2, -0.15) is 0 Å². The molecule has 4 amide bonds. The molecule has 3 fully saturated rings. The maximum atomic E-state index is 14.9. The number of sulfonamides is 1. The monoisotopic (exact) mass is 811 g/mol. The zero-order chi connectivity index (χ0) is 40.9. The standard InChI is InChI=1S/C40H53N5O11S/c1-7-29-31(42-37(49)56-38(3,4)5)35(47)45-22-25(55-34-27-12-13-30-32(53-19-18-52-30)26(27)14-17-41-34)20-28(45)33(46)43-40(21-24(40)11-9-8-10-23(2)54-29)36(48)44-57(50,51)39(6)15-16-39/h9,11-14,17,23-25,28-29,31H,7-8,10,15-16,18-22H2,1-6H3,(H,42,49)(H,43,46)(H,44,48)/b11-9-/t23-,24-,25-,28+,29+,31+,40-/m1/s1. The fourth-order valence-corrected chi connectivity index (χ4v) is 9.04. The minimum absolute atomic E-state index is 0.0119. The van der Waals surface area contributed by atoms with Gasteiger partial charge in [-0.3, -0.25) is 19.1 Å². The van der Waals surface area contributed by atoms with E-state index in [1.165, 1.54) is 4.90 Å². The van der Waals surface area contributed by atoms with Crippen LogP contribution in [0.4, 0.5) is 4.79 Å². The van der Waals surface area contributed by atoms with Gasteiger partial charge in [-0.05, 0) is 91.3 Å². The fourth-order valence-electron chi connectivity index (χ4n) is 7.73. The van der Waals surface area contributed by atoms with E-state index in [4.69, 9.17) is 23.7 Å². The summed E-state index contributed by atoms with van der Waals surface area (Å²) in [6, 6.07) is 2.91. The number of hydrogen-bond acceptors (Lipinski definition) is 12. The highest BCUT2D eigenvalue weighted by atomic mass is 32.2. The Bertz CT molecular complexity index is 2070. The van der Waals surface area contributed by atoms with Crippen LogP contribution in [0.25, 0.3) is 10.8 Å². The van der Waals surface area contributed by atoms with Crippen LogP contribution in [0.3, 0.4) is 0 Å². The molecule has 57 heavy (non-hydrogen) atoms. The topological polar surface area (TPSA) is 201 Å². The van der Waals surface area contributed by atoms with Gasteiger partial charge in [-0.15, -0.1) is 0 Å². The summed E-state index contributed by atoms with van der Waals surface area (Å²) in [4.78, 5) is 62.5. The van der Waals surface area contributed by atoms with Crippen LogP contribution in [0, 0.1) is 5.92 Å². The van der Waals surface area contributed by atoms with Crippen LogP contribution in [-0.4, -0.2) is 108 Å². The highest BCUT2D eigenvalue weighted by Crippen LogP contribution is 2.48. The van der Waals surface area contributed by atoms with Crippen molar-refractivity contribution in [3.05, 3.63) is 36.5 Å². The average molecular weight is 812 g/mol. The Morgan fingerprint density at radius 2 is 1.86 bits per heavy atom. The van der Waals surface area contributed by atoms with Gasteiger partial charge in [-0.1, -0.05) is 19.1 Å². The molecule has 3 N–H and O–H groups in total. The number of hydrogen-bond donors (Lipinski definition) is 3. The van der Waals surface area contributed by atoms with Gasteiger partial charge in [0, 0.05) is 29.3 Å². The first-order chi connectivity index (χ1) is 26.9. The van der Waals surface area contributed by atoms with Gasteiger partial charge in [0.25, 0.3) is 5.91 Å². The summed E-state index contributed by atoms with van der Waals surface area (Å²) >= 11 is 0. The smallest absolute Gasteiger partial charge is 0.408 e. The lowest BCUT2D eigenvalue weighted by atomic mass is 10.0. The summed E-state index contributed by atoms with van der Waals surface area (Å²) < 4.78 is 57.8. The number of fused-ring (bicyclic) bond motifs is 5. The molecule has 2 saturated carbocycles. The van der Waals surface area contributed by atoms with Crippen molar-refractivity contribution in [3.63, 3.8) is 0 Å². The van der Waals surface area contributed by atoms with Gasteiger partial charge in [0.15, 0.2) is 11.5 Å². The molecule has 7 rings (SSSR count). The number of amides is 4. The minimum atomic E-state index is -4.02. The highest BCUT2D eigenvalue weighted by Gasteiger charge is 2.63. The fraction of sp³-hybridized carbons (Fsp3) is 0.625. The summed E-state index contributed by atoms with van der Waals surface area (Å²) in [6.45, 7) is 11.1. The number of pyridine rings is 1. The lowest BCUT2D eigenvalue weighted by molar-refractivity contribution is -0.145. The molecule has 1 aromatic carbocycles. The lowest BCUT2D eigenvalue weighted by Crippen LogP contribution is -2.60. The minimum Gasteiger partial charge on any atom is -0.486 e. The van der Waals surface area contributed by atoms with Crippen LogP contribution in [0.1, 0.15) is 86.5 Å². The van der Waals surface area contributed by atoms with Crippen molar-refractivity contribution in [1.29, 1.82) is 0 Å². The van der Waals surface area contributed by atoms with Crippen molar-refractivity contribution in [1.82, 2.24) is 25.2 Å². The Morgan fingerprint density at radius 3 is 2.58 bits per heavy atom. The van der Waals surface area contributed by atoms with Gasteiger partial charge < -0.3 is 39.2 Å². The number of carbonyl (C=O) groups is 4. The number of nitrogens with zero attached hydrogens (tertiary/aromatic N) is 2. The molecule has 1 aromatic heterocycles. The van der Waals surface area contributed by atoms with Crippen LogP contribution < -0.4 is 29.6 Å². The molecule has 2 aliphatic carbocycles. The summed E-state index contributed by atoms with van der Waals surface area (Å²) in [5.41, 5.74) is -2.44. The molecule has 0 bridgehead atoms. The molecule has 17 heteroatoms. The number of nitrogens with one attached hydrogen (secondary N) is 3. The number of carbonyl (C=O) groups excluding carboxylic acids is 4. The van der Waals surface area contributed by atoms with E-state index < -0.39 is 79.9 Å². The Hall–Kier alpha value is -4.64. The zero-order valence-corrected chi connectivity index (χ0v) is 34.1. The van der Waals surface area contributed by atoms with E-state index in [2.05, 4.69) is 20.3 Å². The first-order valence-corrected chi connectivity index (χ1v) is 21.3. The first kappa shape index (κ1) is 40.6. The second-order valence-corrected chi connectivity index (χ2v) is 19.2. The van der Waals surface area contributed by atoms with Crippen molar-refractivity contribution < 1.29 is 51.3 Å². The number of benzene rings is 1. The summed E-state index contributed by atoms with van der Waals surface area (Å²) in [5, 5.41) is 6.98. The van der Waals surface area contributed by atoms with Crippen LogP contribution in [0.2, 0.25) is 0 Å². The molecule has 4 heterocycles. The largest absolute Gasteiger partial charge is 0.486 e. The van der Waals surface area contributed by atoms with Gasteiger partial charge in [0.05, 0.1) is 23.5 Å². The first-order valence-electron chi connectivity index (χ1n) is 19.8. The summed E-state index contributed by atoms with van der Waals surface area (Å²) in [6.07, 6.45) is 4.97. The third-order valence-corrected chi connectivity index (χ3v) is 13.5. The Morgan fingerprint density at radius 1 is 1.11 bits per heavy atom. The number of rotatable bonds is 7. The van der Waals surface area contributed by atoms with Crippen LogP contribution >= 0.6 is 0 Å². The third-order valence-electron chi connectivity index (χ3n) is 11.4. The maximum Gasteiger partial charge on any atom is 0.408 e. The molecule has 1 saturated heterocycles. The molecule has 0 radical (unpaired) electrons. The van der Waals surface area contributed by atoms with Gasteiger partial charge >= 0.3 is 6.09 Å². The van der Waals surface area contributed by atoms with E-state index in [1.54, 1.807) is 46.0 Å². The molecule has 16 nitrogen and oxygen atoms in total. The maximum absolute atomic E-state index is 14.9. The zero-order valence-electron chi connectivity index (χ0n) is 33.3. The number of ether oxygens (including phenoxy) is 5. The van der Waals surface area contributed by atoms with Crippen molar-refractivity contribution >= 4 is 44.6 Å². The third kappa shape index (κ3) is 8.36. The van der Waals surface area contributed by atoms with E-state index in [9.17, 15) is 27.6 Å². The Kier molecular flexibility index (Phi) is 10.9. The second-order valence-electron chi connectivity index (χ2n) is 17.0. The summed E-state index contributed by atoms with van der Waals surface area (Å²) in [7, 11) is -4.02. The second kappa shape index (κ2) is 15.3. The van der Waals surface area contributed by atoms with E-state index in [0.717, 1.165) is 0 Å². The number of allylic oxidation sites excluding steroid dienone is 1. The molecular weight excluding hydrogens is 759 g/mol. The SMILES string of the molecule is CC[C@@H]1O[C@H](C)CC/C=C\[C@@H]2C[C@@]2(C(=O)NS(=O)(=O)C2(C)CC2)NC(=O)[C@@H]2C[C@@H](Oc3nccc4c5c(ccc34)OCCO5)CN2C(=O)[C@H]1NC(=O)OC(C)(C)C. The number of aromatic nitrogens is 1. The van der Waals surface area contributed by atoms with Crippen LogP contribution in [-0.2, 0) is 33.9 Å². The molecule has 0 spiro atoms. The molecule has 7 atom stereocenters. The Labute approximate surface area is 332 Å². The van der Waals surface area contributed by atoms with Crippen molar-refractivity contribution in [2.75, 3.05) is 19.8 Å². The Balaban J connectivity index is 1.24. The van der Waals surface area contributed by atoms with E-state index in [-0.39, 0.29) is 31.4 Å². The van der Waals surface area contributed by atoms with Crippen molar-refractivity contribution in [3.8, 4) is 17.4 Å². The van der Waals surface area contributed by atoms with Crippen LogP contribution in [0.15, 0.2) is 36.5 Å². The quantitative estimate of drug-likeness (QED) is 0.344. The van der Waals surface area contributed by atoms with Crippen molar-refractivity contribution in [2.24, 2.45) is 5.92 Å². The average Bonchev–Trinajstić information content (AvgIpc) is 4.03. The molecule has 0 unspecified atom stereocenters.